The molecule has 0 aliphatic carbocycles. The molecule has 0 atom stereocenters. The fourth-order valence-electron chi connectivity index (χ4n) is 2.47. The van der Waals surface area contributed by atoms with Gasteiger partial charge in [-0.1, -0.05) is 22.0 Å². The van der Waals surface area contributed by atoms with Gasteiger partial charge in [-0.15, -0.1) is 0 Å². The molecular formula is C13H15BrN4. The number of nitrogens with one attached hydrogen (secondary N) is 1. The molecule has 1 aliphatic heterocycles. The average molecular weight is 307 g/mol. The van der Waals surface area contributed by atoms with Crippen LogP contribution in [0.25, 0.3) is 11.3 Å². The minimum Gasteiger partial charge on any atom is -0.382 e. The van der Waals surface area contributed by atoms with Crippen LogP contribution in [0.1, 0.15) is 12.8 Å². The van der Waals surface area contributed by atoms with Crippen LogP contribution >= 0.6 is 15.9 Å². The SMILES string of the molecule is Nc1cc(-c2c(Br)cccc2N2CCCC2)[nH]n1. The van der Waals surface area contributed by atoms with Crippen LogP contribution in [0.4, 0.5) is 11.5 Å². The largest absolute Gasteiger partial charge is 0.382 e. The van der Waals surface area contributed by atoms with Crippen LogP contribution in [0, 0.1) is 0 Å². The van der Waals surface area contributed by atoms with E-state index in [0.29, 0.717) is 5.82 Å². The Labute approximate surface area is 114 Å². The molecule has 5 heteroatoms. The lowest BCUT2D eigenvalue weighted by Gasteiger charge is -2.21. The topological polar surface area (TPSA) is 57.9 Å². The van der Waals surface area contributed by atoms with Crippen molar-refractivity contribution in [1.29, 1.82) is 0 Å². The molecule has 0 bridgehead atoms. The molecule has 1 aromatic carbocycles. The van der Waals surface area contributed by atoms with Crippen LogP contribution in [0.2, 0.25) is 0 Å². The molecule has 0 unspecified atom stereocenters. The number of aromatic nitrogens is 2. The molecule has 1 fully saturated rings. The Bertz CT molecular complexity index is 558. The zero-order valence-corrected chi connectivity index (χ0v) is 11.6. The Kier molecular flexibility index (Phi) is 2.99. The summed E-state index contributed by atoms with van der Waals surface area (Å²) in [6.07, 6.45) is 2.52. The van der Waals surface area contributed by atoms with E-state index in [2.05, 4.69) is 43.2 Å². The van der Waals surface area contributed by atoms with Gasteiger partial charge in [0.25, 0.3) is 0 Å². The zero-order chi connectivity index (χ0) is 12.5. The minimum absolute atomic E-state index is 0.521. The van der Waals surface area contributed by atoms with Crippen molar-refractivity contribution in [2.75, 3.05) is 23.7 Å². The third kappa shape index (κ3) is 1.99. The van der Waals surface area contributed by atoms with Gasteiger partial charge in [-0.05, 0) is 25.0 Å². The van der Waals surface area contributed by atoms with E-state index in [1.165, 1.54) is 18.5 Å². The van der Waals surface area contributed by atoms with E-state index in [1.807, 2.05) is 12.1 Å². The van der Waals surface area contributed by atoms with Crippen LogP contribution in [0.3, 0.4) is 0 Å². The number of aromatic amines is 1. The van der Waals surface area contributed by atoms with E-state index in [0.717, 1.165) is 28.8 Å². The van der Waals surface area contributed by atoms with Crippen molar-refractivity contribution in [3.05, 3.63) is 28.7 Å². The van der Waals surface area contributed by atoms with Crippen molar-refractivity contribution in [3.8, 4) is 11.3 Å². The molecule has 2 aromatic rings. The molecule has 0 radical (unpaired) electrons. The highest BCUT2D eigenvalue weighted by atomic mass is 79.9. The monoisotopic (exact) mass is 306 g/mol. The smallest absolute Gasteiger partial charge is 0.145 e. The number of halogens is 1. The number of hydrogen-bond donors (Lipinski definition) is 2. The molecule has 0 spiro atoms. The first kappa shape index (κ1) is 11.6. The second-order valence-electron chi connectivity index (χ2n) is 4.53. The van der Waals surface area contributed by atoms with Crippen LogP contribution in [0.15, 0.2) is 28.7 Å². The van der Waals surface area contributed by atoms with E-state index in [1.54, 1.807) is 0 Å². The van der Waals surface area contributed by atoms with Crippen molar-refractivity contribution >= 4 is 27.4 Å². The number of anilines is 2. The molecule has 4 nitrogen and oxygen atoms in total. The number of rotatable bonds is 2. The lowest BCUT2D eigenvalue weighted by Crippen LogP contribution is -2.18. The van der Waals surface area contributed by atoms with Gasteiger partial charge >= 0.3 is 0 Å². The van der Waals surface area contributed by atoms with Gasteiger partial charge in [-0.2, -0.15) is 5.10 Å². The summed E-state index contributed by atoms with van der Waals surface area (Å²) in [5, 5.41) is 7.01. The fraction of sp³-hybridized carbons (Fsp3) is 0.308. The van der Waals surface area contributed by atoms with Gasteiger partial charge in [0.2, 0.25) is 0 Å². The third-order valence-corrected chi connectivity index (χ3v) is 3.97. The van der Waals surface area contributed by atoms with Crippen molar-refractivity contribution in [2.24, 2.45) is 0 Å². The Hall–Kier alpha value is -1.49. The summed E-state index contributed by atoms with van der Waals surface area (Å²) >= 11 is 3.62. The second-order valence-corrected chi connectivity index (χ2v) is 5.39. The zero-order valence-electron chi connectivity index (χ0n) is 9.99. The molecule has 1 aliphatic rings. The van der Waals surface area contributed by atoms with Crippen molar-refractivity contribution in [3.63, 3.8) is 0 Å². The number of nitrogens with two attached hydrogens (primary N) is 1. The predicted molar refractivity (Wildman–Crippen MR) is 77.6 cm³/mol. The highest BCUT2D eigenvalue weighted by molar-refractivity contribution is 9.10. The molecule has 18 heavy (non-hydrogen) atoms. The quantitative estimate of drug-likeness (QED) is 0.896. The highest BCUT2D eigenvalue weighted by Crippen LogP contribution is 2.37. The van der Waals surface area contributed by atoms with Gasteiger partial charge in [0.1, 0.15) is 5.82 Å². The fourth-order valence-corrected chi connectivity index (χ4v) is 3.04. The summed E-state index contributed by atoms with van der Waals surface area (Å²) < 4.78 is 1.07. The summed E-state index contributed by atoms with van der Waals surface area (Å²) in [6.45, 7) is 2.24. The number of nitrogen functional groups attached to an aromatic ring is 1. The van der Waals surface area contributed by atoms with Crippen LogP contribution < -0.4 is 10.6 Å². The maximum Gasteiger partial charge on any atom is 0.145 e. The highest BCUT2D eigenvalue weighted by Gasteiger charge is 2.19. The summed E-state index contributed by atoms with van der Waals surface area (Å²) in [6, 6.07) is 8.15. The molecule has 1 saturated heterocycles. The lowest BCUT2D eigenvalue weighted by molar-refractivity contribution is 0.949. The van der Waals surface area contributed by atoms with Gasteiger partial charge in [0.15, 0.2) is 0 Å². The van der Waals surface area contributed by atoms with Crippen LogP contribution in [-0.4, -0.2) is 23.3 Å². The molecule has 3 rings (SSSR count). The van der Waals surface area contributed by atoms with Gasteiger partial charge in [-0.3, -0.25) is 5.10 Å². The second kappa shape index (κ2) is 4.65. The number of hydrogen-bond acceptors (Lipinski definition) is 3. The molecule has 1 aromatic heterocycles. The van der Waals surface area contributed by atoms with Gasteiger partial charge < -0.3 is 10.6 Å². The molecule has 3 N–H and O–H groups in total. The average Bonchev–Trinajstić information content (AvgIpc) is 2.99. The first-order valence-corrected chi connectivity index (χ1v) is 6.90. The van der Waals surface area contributed by atoms with E-state index < -0.39 is 0 Å². The number of H-pyrrole nitrogens is 1. The Balaban J connectivity index is 2.11. The third-order valence-electron chi connectivity index (χ3n) is 3.31. The minimum atomic E-state index is 0.521. The Morgan fingerprint density at radius 3 is 2.72 bits per heavy atom. The maximum absolute atomic E-state index is 5.70. The maximum atomic E-state index is 5.70. The van der Waals surface area contributed by atoms with Gasteiger partial charge in [0.05, 0.1) is 5.69 Å². The van der Waals surface area contributed by atoms with Crippen LogP contribution in [-0.2, 0) is 0 Å². The summed E-state index contributed by atoms with van der Waals surface area (Å²) in [7, 11) is 0. The van der Waals surface area contributed by atoms with Crippen molar-refractivity contribution in [2.45, 2.75) is 12.8 Å². The van der Waals surface area contributed by atoms with Crippen molar-refractivity contribution in [1.82, 2.24) is 10.2 Å². The Morgan fingerprint density at radius 1 is 1.28 bits per heavy atom. The first-order chi connectivity index (χ1) is 8.75. The first-order valence-electron chi connectivity index (χ1n) is 6.10. The van der Waals surface area contributed by atoms with Crippen molar-refractivity contribution < 1.29 is 0 Å². The lowest BCUT2D eigenvalue weighted by atomic mass is 10.1. The number of nitrogens with zero attached hydrogens (tertiary/aromatic N) is 2. The molecule has 0 amide bonds. The predicted octanol–water partition coefficient (Wildman–Crippen LogP) is 3.02. The van der Waals surface area contributed by atoms with Gasteiger partial charge in [0, 0.05) is 34.9 Å². The molecular weight excluding hydrogens is 292 g/mol. The summed E-state index contributed by atoms with van der Waals surface area (Å²) in [4.78, 5) is 2.41. The molecule has 94 valence electrons. The van der Waals surface area contributed by atoms with E-state index >= 15 is 0 Å². The summed E-state index contributed by atoms with van der Waals surface area (Å²) in [5.41, 5.74) is 9.04. The van der Waals surface area contributed by atoms with Gasteiger partial charge in [-0.25, -0.2) is 0 Å². The van der Waals surface area contributed by atoms with E-state index in [4.69, 9.17) is 5.73 Å². The van der Waals surface area contributed by atoms with E-state index in [-0.39, 0.29) is 0 Å². The number of benzene rings is 1. The molecule has 0 saturated carbocycles. The standard InChI is InChI=1S/C13H15BrN4/c14-9-4-3-5-11(18-6-1-2-7-18)13(9)10-8-12(15)17-16-10/h3-5,8H,1-2,6-7H2,(H3,15,16,17). The Morgan fingerprint density at radius 2 is 2.06 bits per heavy atom. The van der Waals surface area contributed by atoms with E-state index in [9.17, 15) is 0 Å². The molecule has 2 heterocycles. The summed E-state index contributed by atoms with van der Waals surface area (Å²) in [5.74, 6) is 0.521. The normalized spacial score (nSPS) is 15.3. The van der Waals surface area contributed by atoms with Crippen LogP contribution in [0.5, 0.6) is 0 Å².